The van der Waals surface area contributed by atoms with E-state index in [1.807, 2.05) is 42.5 Å². The Hall–Kier alpha value is -3.31. The monoisotopic (exact) mass is 441 g/mol. The zero-order chi connectivity index (χ0) is 23.0. The third-order valence-electron chi connectivity index (χ3n) is 7.05. The number of benzene rings is 3. The van der Waals surface area contributed by atoms with Crippen LogP contribution in [-0.4, -0.2) is 23.7 Å². The normalized spacial score (nSPS) is 21.4. The molecule has 2 atom stereocenters. The summed E-state index contributed by atoms with van der Waals surface area (Å²) in [6, 6.07) is 24.4. The molecule has 0 unspecified atom stereocenters. The first-order valence-electron chi connectivity index (χ1n) is 11.7. The second-order valence-electron chi connectivity index (χ2n) is 9.67. The number of rotatable bonds is 5. The molecule has 5 heteroatoms. The minimum Gasteiger partial charge on any atom is -0.410 e. The Morgan fingerprint density at radius 1 is 1.12 bits per heavy atom. The molecule has 2 N–H and O–H groups in total. The summed E-state index contributed by atoms with van der Waals surface area (Å²) in [5.74, 6) is 1.02. The lowest BCUT2D eigenvalue weighted by Gasteiger charge is -2.29. The number of carbonyl (C=O) groups is 1. The van der Waals surface area contributed by atoms with Crippen molar-refractivity contribution in [2.75, 3.05) is 17.2 Å². The van der Waals surface area contributed by atoms with Gasteiger partial charge in [-0.15, -0.1) is 0 Å². The number of nitrogens with one attached hydrogen (secondary N) is 2. The van der Waals surface area contributed by atoms with Crippen LogP contribution in [0.1, 0.15) is 49.8 Å². The van der Waals surface area contributed by atoms with Crippen LogP contribution < -0.4 is 15.4 Å². The molecular weight excluding hydrogens is 410 g/mol. The lowest BCUT2D eigenvalue weighted by atomic mass is 9.81. The number of ether oxygens (including phenoxy) is 1. The second-order valence-corrected chi connectivity index (χ2v) is 9.67. The number of nitrogens with zero attached hydrogens (tertiary/aromatic N) is 1. The highest BCUT2D eigenvalue weighted by Crippen LogP contribution is 2.49. The summed E-state index contributed by atoms with van der Waals surface area (Å²) < 4.78 is 5.65. The van der Waals surface area contributed by atoms with E-state index < -0.39 is 6.09 Å². The minimum atomic E-state index is -0.475. The van der Waals surface area contributed by atoms with Gasteiger partial charge in [0.1, 0.15) is 5.75 Å². The molecular formula is C28H31N3O2. The Kier molecular flexibility index (Phi) is 5.59. The Morgan fingerprint density at radius 2 is 1.88 bits per heavy atom. The SMILES string of the molecule is CC(C)c1ccc(NC(=O)Oc2ccc3c(c2)[C@]2(C)CCN(Cc4ccccc4)[C@@H]2N3)cc1. The van der Waals surface area contributed by atoms with Crippen molar-refractivity contribution in [2.24, 2.45) is 0 Å². The molecule has 3 aromatic rings. The molecule has 1 saturated heterocycles. The molecule has 0 spiro atoms. The van der Waals surface area contributed by atoms with Crippen molar-refractivity contribution in [3.63, 3.8) is 0 Å². The van der Waals surface area contributed by atoms with E-state index in [4.69, 9.17) is 4.74 Å². The highest BCUT2D eigenvalue weighted by molar-refractivity contribution is 5.86. The van der Waals surface area contributed by atoms with Gasteiger partial charge in [0.15, 0.2) is 0 Å². The Bertz CT molecular complexity index is 1140. The average Bonchev–Trinajstić information content (AvgIpc) is 3.27. The predicted molar refractivity (Wildman–Crippen MR) is 133 cm³/mol. The van der Waals surface area contributed by atoms with Gasteiger partial charge < -0.3 is 10.1 Å². The van der Waals surface area contributed by atoms with E-state index in [0.29, 0.717) is 11.7 Å². The first-order chi connectivity index (χ1) is 15.9. The standard InChI is InChI=1S/C28H31N3O2/c1-19(2)21-9-11-22(12-10-21)29-27(32)33-23-13-14-25-24(17-23)28(3)15-16-31(26(28)30-25)18-20-7-5-4-6-8-20/h4-14,17,19,26,30H,15-16,18H2,1-3H3,(H,29,32)/t26-,28-/m0/s1. The van der Waals surface area contributed by atoms with Crippen LogP contribution in [-0.2, 0) is 12.0 Å². The maximum Gasteiger partial charge on any atom is 0.417 e. The van der Waals surface area contributed by atoms with Crippen molar-refractivity contribution in [2.45, 2.75) is 51.2 Å². The minimum absolute atomic E-state index is 0.0212. The van der Waals surface area contributed by atoms with Gasteiger partial charge in [-0.25, -0.2) is 4.79 Å². The van der Waals surface area contributed by atoms with Crippen LogP contribution in [0.15, 0.2) is 72.8 Å². The molecule has 5 rings (SSSR count). The maximum absolute atomic E-state index is 12.5. The fourth-order valence-corrected chi connectivity index (χ4v) is 5.10. The van der Waals surface area contributed by atoms with Gasteiger partial charge in [0, 0.05) is 29.9 Å². The van der Waals surface area contributed by atoms with Crippen LogP contribution in [0.25, 0.3) is 0 Å². The maximum atomic E-state index is 12.5. The Labute approximate surface area is 195 Å². The Balaban J connectivity index is 1.27. The number of amides is 1. The molecule has 2 aliphatic rings. The molecule has 1 fully saturated rings. The summed E-state index contributed by atoms with van der Waals surface area (Å²) >= 11 is 0. The molecule has 170 valence electrons. The first kappa shape index (κ1) is 21.5. The number of hydrogen-bond acceptors (Lipinski definition) is 4. The summed E-state index contributed by atoms with van der Waals surface area (Å²) in [7, 11) is 0. The van der Waals surface area contributed by atoms with Crippen molar-refractivity contribution in [1.82, 2.24) is 4.90 Å². The molecule has 5 nitrogen and oxygen atoms in total. The van der Waals surface area contributed by atoms with Gasteiger partial charge in [0.2, 0.25) is 0 Å². The Morgan fingerprint density at radius 3 is 2.61 bits per heavy atom. The number of likely N-dealkylation sites (tertiary alicyclic amines) is 1. The van der Waals surface area contributed by atoms with Crippen molar-refractivity contribution in [3.05, 3.63) is 89.5 Å². The lowest BCUT2D eigenvalue weighted by Crippen LogP contribution is -2.41. The van der Waals surface area contributed by atoms with Crippen LogP contribution in [0.2, 0.25) is 0 Å². The van der Waals surface area contributed by atoms with Crippen LogP contribution in [0.4, 0.5) is 16.2 Å². The molecule has 33 heavy (non-hydrogen) atoms. The molecule has 0 radical (unpaired) electrons. The van der Waals surface area contributed by atoms with E-state index in [9.17, 15) is 4.79 Å². The van der Waals surface area contributed by atoms with Crippen molar-refractivity contribution < 1.29 is 9.53 Å². The van der Waals surface area contributed by atoms with E-state index >= 15 is 0 Å². The van der Waals surface area contributed by atoms with Crippen LogP contribution in [0.5, 0.6) is 5.75 Å². The molecule has 1 amide bonds. The molecule has 0 aliphatic carbocycles. The van der Waals surface area contributed by atoms with E-state index in [-0.39, 0.29) is 11.6 Å². The highest BCUT2D eigenvalue weighted by Gasteiger charge is 2.50. The summed E-state index contributed by atoms with van der Waals surface area (Å²) in [5.41, 5.74) is 5.60. The van der Waals surface area contributed by atoms with Gasteiger partial charge in [-0.3, -0.25) is 10.2 Å². The molecule has 3 aromatic carbocycles. The number of hydrogen-bond donors (Lipinski definition) is 2. The van der Waals surface area contributed by atoms with Crippen LogP contribution in [0, 0.1) is 0 Å². The lowest BCUT2D eigenvalue weighted by molar-refractivity contribution is 0.215. The molecule has 0 aromatic heterocycles. The van der Waals surface area contributed by atoms with Crippen molar-refractivity contribution >= 4 is 17.5 Å². The molecule has 0 bridgehead atoms. The fraction of sp³-hybridized carbons (Fsp3) is 0.321. The van der Waals surface area contributed by atoms with Gasteiger partial charge in [0.25, 0.3) is 0 Å². The van der Waals surface area contributed by atoms with Crippen molar-refractivity contribution in [1.29, 1.82) is 0 Å². The predicted octanol–water partition coefficient (Wildman–Crippen LogP) is 6.34. The molecule has 0 saturated carbocycles. The van der Waals surface area contributed by atoms with E-state index in [1.165, 1.54) is 16.7 Å². The average molecular weight is 442 g/mol. The van der Waals surface area contributed by atoms with Gasteiger partial charge in [-0.2, -0.15) is 0 Å². The number of fused-ring (bicyclic) bond motifs is 3. The molecule has 2 heterocycles. The number of carbonyl (C=O) groups excluding carboxylic acids is 1. The zero-order valence-corrected chi connectivity index (χ0v) is 19.5. The summed E-state index contributed by atoms with van der Waals surface area (Å²) in [5, 5.41) is 6.54. The zero-order valence-electron chi connectivity index (χ0n) is 19.5. The van der Waals surface area contributed by atoms with Crippen molar-refractivity contribution in [3.8, 4) is 5.75 Å². The van der Waals surface area contributed by atoms with Crippen LogP contribution >= 0.6 is 0 Å². The first-order valence-corrected chi connectivity index (χ1v) is 11.7. The van der Waals surface area contributed by atoms with E-state index in [0.717, 1.165) is 30.9 Å². The summed E-state index contributed by atoms with van der Waals surface area (Å²) in [6.07, 6.45) is 0.816. The topological polar surface area (TPSA) is 53.6 Å². The largest absolute Gasteiger partial charge is 0.417 e. The van der Waals surface area contributed by atoms with E-state index in [2.05, 4.69) is 66.6 Å². The number of anilines is 2. The smallest absolute Gasteiger partial charge is 0.410 e. The fourth-order valence-electron chi connectivity index (χ4n) is 5.10. The second kappa shape index (κ2) is 8.56. The highest BCUT2D eigenvalue weighted by atomic mass is 16.6. The van der Waals surface area contributed by atoms with Gasteiger partial charge in [-0.05, 0) is 59.4 Å². The van der Waals surface area contributed by atoms with Gasteiger partial charge in [-0.1, -0.05) is 63.2 Å². The van der Waals surface area contributed by atoms with Gasteiger partial charge in [0.05, 0.1) is 6.17 Å². The summed E-state index contributed by atoms with van der Waals surface area (Å²) in [6.45, 7) is 8.55. The third kappa shape index (κ3) is 4.21. The van der Waals surface area contributed by atoms with Crippen LogP contribution in [0.3, 0.4) is 0 Å². The summed E-state index contributed by atoms with van der Waals surface area (Å²) in [4.78, 5) is 15.0. The quantitative estimate of drug-likeness (QED) is 0.485. The van der Waals surface area contributed by atoms with Gasteiger partial charge >= 0.3 is 6.09 Å². The van der Waals surface area contributed by atoms with E-state index in [1.54, 1.807) is 0 Å². The third-order valence-corrected chi connectivity index (χ3v) is 7.05. The molecule has 2 aliphatic heterocycles.